The van der Waals surface area contributed by atoms with E-state index in [9.17, 15) is 0 Å². The van der Waals surface area contributed by atoms with Crippen LogP contribution in [0.15, 0.2) is 12.1 Å². The molecular weight excluding hydrogens is 256 g/mol. The largest absolute Gasteiger partial charge is 0.308 e. The molecule has 0 radical (unpaired) electrons. The second-order valence-corrected chi connectivity index (χ2v) is 7.22. The Morgan fingerprint density at radius 3 is 2.19 bits per heavy atom. The Morgan fingerprint density at radius 1 is 1.05 bits per heavy atom. The Labute approximate surface area is 130 Å². The number of nitrogens with zero attached hydrogens (tertiary/aromatic N) is 1. The number of aryl methyl sites for hydroxylation is 3. The molecule has 1 atom stereocenters. The molecule has 1 fully saturated rings. The number of likely N-dealkylation sites (N-methyl/N-ethyl adjacent to an activating group) is 1. The lowest BCUT2D eigenvalue weighted by Gasteiger charge is -2.37. The number of hydrogen-bond donors (Lipinski definition) is 1. The van der Waals surface area contributed by atoms with Gasteiger partial charge in [0.25, 0.3) is 0 Å². The van der Waals surface area contributed by atoms with Crippen LogP contribution in [0.25, 0.3) is 0 Å². The molecule has 0 spiro atoms. The van der Waals surface area contributed by atoms with E-state index in [4.69, 9.17) is 0 Å². The van der Waals surface area contributed by atoms with Gasteiger partial charge < -0.3 is 10.2 Å². The van der Waals surface area contributed by atoms with Gasteiger partial charge in [-0.2, -0.15) is 0 Å². The number of hydrogen-bond acceptors (Lipinski definition) is 2. The molecule has 0 bridgehead atoms. The molecule has 1 unspecified atom stereocenters. The minimum absolute atomic E-state index is 0.363. The first-order valence-electron chi connectivity index (χ1n) is 8.34. The summed E-state index contributed by atoms with van der Waals surface area (Å²) in [6.45, 7) is 10.0. The standard InChI is InChI=1S/C19H32N2/c1-14-11-16(3)18(12-15(14)2)17(4)20-13-19(21(5)6)9-7-8-10-19/h11-12,17,20H,7-10,13H2,1-6H3. The van der Waals surface area contributed by atoms with Crippen molar-refractivity contribution >= 4 is 0 Å². The fourth-order valence-electron chi connectivity index (χ4n) is 3.72. The Morgan fingerprint density at radius 2 is 1.62 bits per heavy atom. The van der Waals surface area contributed by atoms with E-state index < -0.39 is 0 Å². The molecular formula is C19H32N2. The van der Waals surface area contributed by atoms with Crippen LogP contribution in [0.2, 0.25) is 0 Å². The van der Waals surface area contributed by atoms with Crippen molar-refractivity contribution in [3.05, 3.63) is 34.4 Å². The smallest absolute Gasteiger partial charge is 0.0328 e. The van der Waals surface area contributed by atoms with Crippen LogP contribution in [0.3, 0.4) is 0 Å². The fourth-order valence-corrected chi connectivity index (χ4v) is 3.72. The Balaban J connectivity index is 2.08. The predicted molar refractivity (Wildman–Crippen MR) is 92.0 cm³/mol. The first kappa shape index (κ1) is 16.5. The Hall–Kier alpha value is -0.860. The molecule has 1 aromatic rings. The van der Waals surface area contributed by atoms with Crippen molar-refractivity contribution in [3.63, 3.8) is 0 Å². The quantitative estimate of drug-likeness (QED) is 0.876. The van der Waals surface area contributed by atoms with Crippen molar-refractivity contribution in [1.82, 2.24) is 10.2 Å². The van der Waals surface area contributed by atoms with Crippen LogP contribution >= 0.6 is 0 Å². The zero-order chi connectivity index (χ0) is 15.6. The highest BCUT2D eigenvalue weighted by atomic mass is 15.2. The molecule has 118 valence electrons. The summed E-state index contributed by atoms with van der Waals surface area (Å²) in [4.78, 5) is 2.44. The van der Waals surface area contributed by atoms with E-state index in [1.807, 2.05) is 0 Å². The van der Waals surface area contributed by atoms with Gasteiger partial charge in [-0.15, -0.1) is 0 Å². The number of rotatable bonds is 5. The van der Waals surface area contributed by atoms with Crippen LogP contribution in [0.4, 0.5) is 0 Å². The predicted octanol–water partition coefficient (Wildman–Crippen LogP) is 4.14. The molecule has 21 heavy (non-hydrogen) atoms. The average molecular weight is 288 g/mol. The summed E-state index contributed by atoms with van der Waals surface area (Å²) in [5.41, 5.74) is 6.01. The fraction of sp³-hybridized carbons (Fsp3) is 0.684. The van der Waals surface area contributed by atoms with Gasteiger partial charge in [0.1, 0.15) is 0 Å². The molecule has 1 aromatic carbocycles. The van der Waals surface area contributed by atoms with E-state index in [2.05, 4.69) is 64.1 Å². The van der Waals surface area contributed by atoms with Gasteiger partial charge in [-0.25, -0.2) is 0 Å². The first-order chi connectivity index (χ1) is 9.85. The van der Waals surface area contributed by atoms with Gasteiger partial charge in [-0.3, -0.25) is 0 Å². The molecule has 0 aliphatic heterocycles. The van der Waals surface area contributed by atoms with Crippen molar-refractivity contribution in [3.8, 4) is 0 Å². The molecule has 0 aromatic heterocycles. The first-order valence-corrected chi connectivity index (χ1v) is 8.34. The summed E-state index contributed by atoms with van der Waals surface area (Å²) in [6.07, 6.45) is 5.39. The molecule has 2 rings (SSSR count). The maximum absolute atomic E-state index is 3.81. The van der Waals surface area contributed by atoms with Gasteiger partial charge in [0.2, 0.25) is 0 Å². The van der Waals surface area contributed by atoms with Crippen molar-refractivity contribution < 1.29 is 0 Å². The van der Waals surface area contributed by atoms with E-state index in [1.165, 1.54) is 47.9 Å². The van der Waals surface area contributed by atoms with Crippen LogP contribution in [0, 0.1) is 20.8 Å². The summed E-state index contributed by atoms with van der Waals surface area (Å²) in [5.74, 6) is 0. The lowest BCUT2D eigenvalue weighted by Crippen LogP contribution is -2.50. The highest BCUT2D eigenvalue weighted by Gasteiger charge is 2.35. The minimum Gasteiger partial charge on any atom is -0.308 e. The van der Waals surface area contributed by atoms with Crippen molar-refractivity contribution in [1.29, 1.82) is 0 Å². The van der Waals surface area contributed by atoms with Gasteiger partial charge in [0.15, 0.2) is 0 Å². The van der Waals surface area contributed by atoms with Crippen molar-refractivity contribution in [2.75, 3.05) is 20.6 Å². The van der Waals surface area contributed by atoms with E-state index >= 15 is 0 Å². The molecule has 1 aliphatic carbocycles. The minimum atomic E-state index is 0.363. The lowest BCUT2D eigenvalue weighted by molar-refractivity contribution is 0.150. The SMILES string of the molecule is Cc1cc(C)c(C(C)NCC2(N(C)C)CCCC2)cc1C. The second kappa shape index (κ2) is 6.50. The van der Waals surface area contributed by atoms with Crippen molar-refractivity contribution in [2.24, 2.45) is 0 Å². The van der Waals surface area contributed by atoms with E-state index in [1.54, 1.807) is 0 Å². The molecule has 0 saturated heterocycles. The third-order valence-corrected chi connectivity index (χ3v) is 5.57. The average Bonchev–Trinajstić information content (AvgIpc) is 2.90. The van der Waals surface area contributed by atoms with E-state index in [0.29, 0.717) is 11.6 Å². The lowest BCUT2D eigenvalue weighted by atomic mass is 9.93. The van der Waals surface area contributed by atoms with E-state index in [-0.39, 0.29) is 0 Å². The third kappa shape index (κ3) is 3.49. The maximum Gasteiger partial charge on any atom is 0.0328 e. The van der Waals surface area contributed by atoms with Crippen LogP contribution in [0.5, 0.6) is 0 Å². The van der Waals surface area contributed by atoms with Gasteiger partial charge in [0, 0.05) is 18.1 Å². The maximum atomic E-state index is 3.81. The zero-order valence-electron chi connectivity index (χ0n) is 14.7. The molecule has 0 heterocycles. The van der Waals surface area contributed by atoms with Gasteiger partial charge in [-0.1, -0.05) is 25.0 Å². The van der Waals surface area contributed by atoms with Gasteiger partial charge >= 0.3 is 0 Å². The Kier molecular flexibility index (Phi) is 5.11. The summed E-state index contributed by atoms with van der Waals surface area (Å²) >= 11 is 0. The summed E-state index contributed by atoms with van der Waals surface area (Å²) in [5, 5.41) is 3.81. The molecule has 0 amide bonds. The molecule has 2 nitrogen and oxygen atoms in total. The number of nitrogens with one attached hydrogen (secondary N) is 1. The van der Waals surface area contributed by atoms with Crippen LogP contribution in [-0.4, -0.2) is 31.1 Å². The van der Waals surface area contributed by atoms with Crippen LogP contribution < -0.4 is 5.32 Å². The highest BCUT2D eigenvalue weighted by Crippen LogP contribution is 2.34. The Bertz CT molecular complexity index is 485. The normalized spacial score (nSPS) is 19.2. The van der Waals surface area contributed by atoms with Crippen LogP contribution in [0.1, 0.15) is 60.9 Å². The second-order valence-electron chi connectivity index (χ2n) is 7.22. The van der Waals surface area contributed by atoms with Gasteiger partial charge in [0.05, 0.1) is 0 Å². The summed E-state index contributed by atoms with van der Waals surface area (Å²) < 4.78 is 0. The third-order valence-electron chi connectivity index (χ3n) is 5.57. The molecule has 1 aliphatic rings. The summed E-state index contributed by atoms with van der Waals surface area (Å²) in [7, 11) is 4.47. The molecule has 1 saturated carbocycles. The summed E-state index contributed by atoms with van der Waals surface area (Å²) in [6, 6.07) is 5.10. The van der Waals surface area contributed by atoms with Gasteiger partial charge in [-0.05, 0) is 76.9 Å². The monoisotopic (exact) mass is 288 g/mol. The molecule has 2 heteroatoms. The van der Waals surface area contributed by atoms with Crippen molar-refractivity contribution in [2.45, 2.75) is 65.0 Å². The topological polar surface area (TPSA) is 15.3 Å². The van der Waals surface area contributed by atoms with Crippen LogP contribution in [-0.2, 0) is 0 Å². The zero-order valence-corrected chi connectivity index (χ0v) is 14.7. The molecule has 1 N–H and O–H groups in total. The number of benzene rings is 1. The van der Waals surface area contributed by atoms with E-state index in [0.717, 1.165) is 6.54 Å². The highest BCUT2D eigenvalue weighted by molar-refractivity contribution is 5.38.